The van der Waals surface area contributed by atoms with E-state index in [2.05, 4.69) is 14.8 Å². The van der Waals surface area contributed by atoms with Gasteiger partial charge in [-0.2, -0.15) is 0 Å². The number of ether oxygens (including phenoxy) is 1. The van der Waals surface area contributed by atoms with Crippen molar-refractivity contribution in [2.45, 2.75) is 12.8 Å². The molecule has 0 aliphatic rings. The van der Waals surface area contributed by atoms with Crippen LogP contribution in [0.4, 0.5) is 0 Å². The van der Waals surface area contributed by atoms with Gasteiger partial charge >= 0.3 is 5.97 Å². The molecule has 0 bridgehead atoms. The number of nitrogens with one attached hydrogen (secondary N) is 2. The highest BCUT2D eigenvalue weighted by Crippen LogP contribution is 1.82. The largest absolute Gasteiger partial charge is 0.469 e. The number of carbonyl (C=O) groups excluding carboxylic acids is 1. The fourth-order valence-electron chi connectivity index (χ4n) is 0.888. The summed E-state index contributed by atoms with van der Waals surface area (Å²) in [5, 5.41) is 3.00. The van der Waals surface area contributed by atoms with Crippen molar-refractivity contribution in [2.24, 2.45) is 0 Å². The third kappa shape index (κ3) is 11.3. The fourth-order valence-corrected chi connectivity index (χ4v) is 1.40. The molecule has 0 aliphatic heterocycles. The molecule has 15 heavy (non-hydrogen) atoms. The Labute approximate surface area is 90.4 Å². The first kappa shape index (κ1) is 14.3. The van der Waals surface area contributed by atoms with E-state index in [0.29, 0.717) is 32.5 Å². The van der Waals surface area contributed by atoms with E-state index in [-0.39, 0.29) is 5.97 Å². The van der Waals surface area contributed by atoms with Gasteiger partial charge in [-0.25, -0.2) is 13.1 Å². The summed E-state index contributed by atoms with van der Waals surface area (Å²) >= 11 is 0. The zero-order valence-electron chi connectivity index (χ0n) is 9.08. The second kappa shape index (κ2) is 7.61. The van der Waals surface area contributed by atoms with Crippen molar-refractivity contribution in [1.29, 1.82) is 0 Å². The van der Waals surface area contributed by atoms with Crippen molar-refractivity contribution in [1.82, 2.24) is 10.0 Å². The van der Waals surface area contributed by atoms with Crippen molar-refractivity contribution in [2.75, 3.05) is 33.0 Å². The van der Waals surface area contributed by atoms with E-state index in [1.807, 2.05) is 0 Å². The summed E-state index contributed by atoms with van der Waals surface area (Å²) in [6.07, 6.45) is 2.14. The summed E-state index contributed by atoms with van der Waals surface area (Å²) in [7, 11) is -1.74. The lowest BCUT2D eigenvalue weighted by molar-refractivity contribution is -0.140. The standard InChI is InChI=1S/C8H18N2O4S/c1-14-8(11)4-7-9-5-3-6-10-15(2,12)13/h9-10H,3-7H2,1-2H3. The molecule has 7 heteroatoms. The molecule has 0 atom stereocenters. The molecule has 0 unspecified atom stereocenters. The average molecular weight is 238 g/mol. The van der Waals surface area contributed by atoms with Gasteiger partial charge in [-0.15, -0.1) is 0 Å². The van der Waals surface area contributed by atoms with Gasteiger partial charge in [0.15, 0.2) is 0 Å². The van der Waals surface area contributed by atoms with Crippen molar-refractivity contribution in [3.8, 4) is 0 Å². The number of sulfonamides is 1. The molecule has 0 saturated heterocycles. The highest BCUT2D eigenvalue weighted by atomic mass is 32.2. The van der Waals surface area contributed by atoms with Crippen molar-refractivity contribution in [3.63, 3.8) is 0 Å². The number of carbonyl (C=O) groups is 1. The predicted octanol–water partition coefficient (Wildman–Crippen LogP) is -0.922. The van der Waals surface area contributed by atoms with E-state index in [0.717, 1.165) is 6.26 Å². The maximum absolute atomic E-state index is 10.7. The highest BCUT2D eigenvalue weighted by Gasteiger charge is 2.00. The molecule has 0 saturated carbocycles. The molecular weight excluding hydrogens is 220 g/mol. The van der Waals surface area contributed by atoms with E-state index >= 15 is 0 Å². The van der Waals surface area contributed by atoms with Gasteiger partial charge < -0.3 is 10.1 Å². The molecule has 0 amide bonds. The first-order chi connectivity index (χ1) is 6.95. The van der Waals surface area contributed by atoms with Gasteiger partial charge in [0, 0.05) is 13.1 Å². The number of rotatable bonds is 8. The SMILES string of the molecule is COC(=O)CCNCCCNS(C)(=O)=O. The Balaban J connectivity index is 3.23. The predicted molar refractivity (Wildman–Crippen MR) is 57.0 cm³/mol. The molecule has 0 aliphatic carbocycles. The van der Waals surface area contributed by atoms with Crippen LogP contribution in [0.2, 0.25) is 0 Å². The summed E-state index contributed by atoms with van der Waals surface area (Å²) in [6.45, 7) is 1.62. The second-order valence-corrected chi connectivity index (χ2v) is 4.93. The molecule has 0 spiro atoms. The molecule has 0 heterocycles. The number of esters is 1. The average Bonchev–Trinajstić information content (AvgIpc) is 2.14. The van der Waals surface area contributed by atoms with Gasteiger partial charge in [-0.05, 0) is 13.0 Å². The van der Waals surface area contributed by atoms with Crippen molar-refractivity contribution < 1.29 is 17.9 Å². The van der Waals surface area contributed by atoms with Gasteiger partial charge in [0.1, 0.15) is 0 Å². The molecular formula is C8H18N2O4S. The normalized spacial score (nSPS) is 11.3. The minimum atomic E-state index is -3.09. The van der Waals surface area contributed by atoms with Crippen LogP contribution in [-0.4, -0.2) is 47.4 Å². The Morgan fingerprint density at radius 3 is 2.47 bits per heavy atom. The lowest BCUT2D eigenvalue weighted by atomic mass is 10.4. The zero-order chi connectivity index (χ0) is 11.7. The summed E-state index contributed by atoms with van der Waals surface area (Å²) in [5.41, 5.74) is 0. The molecule has 90 valence electrons. The van der Waals surface area contributed by atoms with Crippen LogP contribution in [0.1, 0.15) is 12.8 Å². The quantitative estimate of drug-likeness (QED) is 0.422. The Morgan fingerprint density at radius 1 is 1.27 bits per heavy atom. The topological polar surface area (TPSA) is 84.5 Å². The van der Waals surface area contributed by atoms with Gasteiger partial charge in [-0.3, -0.25) is 4.79 Å². The summed E-state index contributed by atoms with van der Waals surface area (Å²) in [6, 6.07) is 0. The van der Waals surface area contributed by atoms with Crippen LogP contribution in [0.3, 0.4) is 0 Å². The van der Waals surface area contributed by atoms with E-state index in [9.17, 15) is 13.2 Å². The molecule has 0 radical (unpaired) electrons. The molecule has 0 rings (SSSR count). The lowest BCUT2D eigenvalue weighted by Crippen LogP contribution is -2.27. The molecule has 0 aromatic carbocycles. The van der Waals surface area contributed by atoms with Crippen LogP contribution < -0.4 is 10.0 Å². The highest BCUT2D eigenvalue weighted by molar-refractivity contribution is 7.88. The third-order valence-corrected chi connectivity index (χ3v) is 2.36. The van der Waals surface area contributed by atoms with E-state index in [1.165, 1.54) is 7.11 Å². The van der Waals surface area contributed by atoms with Crippen LogP contribution in [0.25, 0.3) is 0 Å². The first-order valence-electron chi connectivity index (χ1n) is 4.68. The minimum absolute atomic E-state index is 0.253. The minimum Gasteiger partial charge on any atom is -0.469 e. The molecule has 0 fully saturated rings. The van der Waals surface area contributed by atoms with Crippen molar-refractivity contribution >= 4 is 16.0 Å². The maximum atomic E-state index is 10.7. The van der Waals surface area contributed by atoms with E-state index in [1.54, 1.807) is 0 Å². The molecule has 6 nitrogen and oxygen atoms in total. The van der Waals surface area contributed by atoms with Gasteiger partial charge in [0.05, 0.1) is 19.8 Å². The monoisotopic (exact) mass is 238 g/mol. The van der Waals surface area contributed by atoms with Crippen LogP contribution >= 0.6 is 0 Å². The van der Waals surface area contributed by atoms with E-state index in [4.69, 9.17) is 0 Å². The molecule has 0 aromatic rings. The lowest BCUT2D eigenvalue weighted by Gasteiger charge is -2.04. The maximum Gasteiger partial charge on any atom is 0.306 e. The Bertz CT molecular complexity index is 276. The Hall–Kier alpha value is -0.660. The zero-order valence-corrected chi connectivity index (χ0v) is 9.89. The van der Waals surface area contributed by atoms with Crippen LogP contribution in [-0.2, 0) is 19.6 Å². The molecule has 0 aromatic heterocycles. The molecule has 2 N–H and O–H groups in total. The summed E-state index contributed by atoms with van der Waals surface area (Å²) < 4.78 is 28.1. The van der Waals surface area contributed by atoms with Crippen LogP contribution in [0.15, 0.2) is 0 Å². The third-order valence-electron chi connectivity index (χ3n) is 1.63. The van der Waals surface area contributed by atoms with Gasteiger partial charge in [0.25, 0.3) is 0 Å². The van der Waals surface area contributed by atoms with Crippen LogP contribution in [0.5, 0.6) is 0 Å². The van der Waals surface area contributed by atoms with E-state index < -0.39 is 10.0 Å². The second-order valence-electron chi connectivity index (χ2n) is 3.10. The number of hydrogen-bond donors (Lipinski definition) is 2. The summed E-state index contributed by atoms with van der Waals surface area (Å²) in [4.78, 5) is 10.7. The Kier molecular flexibility index (Phi) is 7.27. The fraction of sp³-hybridized carbons (Fsp3) is 0.875. The smallest absolute Gasteiger partial charge is 0.306 e. The van der Waals surface area contributed by atoms with Gasteiger partial charge in [0.2, 0.25) is 10.0 Å². The first-order valence-corrected chi connectivity index (χ1v) is 6.57. The number of methoxy groups -OCH3 is 1. The van der Waals surface area contributed by atoms with Gasteiger partial charge in [-0.1, -0.05) is 0 Å². The Morgan fingerprint density at radius 2 is 1.93 bits per heavy atom. The van der Waals surface area contributed by atoms with Crippen LogP contribution in [0, 0.1) is 0 Å². The summed E-state index contributed by atoms with van der Waals surface area (Å²) in [5.74, 6) is -0.253. The van der Waals surface area contributed by atoms with Crippen molar-refractivity contribution in [3.05, 3.63) is 0 Å². The number of hydrogen-bond acceptors (Lipinski definition) is 5.